The SMILES string of the molecule is O=C(Nc1cnn(Cc2ccc(F)cc2)c1)c1ccc(COc2ccccc2Br)o1. The lowest BCUT2D eigenvalue weighted by molar-refractivity contribution is 0.0992. The standard InChI is InChI=1S/C22H17BrFN3O3/c23-19-3-1-2-4-20(19)29-14-18-9-10-21(30-18)22(28)26-17-11-25-27(13-17)12-15-5-7-16(24)8-6-15/h1-11,13H,12,14H2,(H,26,28). The largest absolute Gasteiger partial charge is 0.484 e. The Hall–Kier alpha value is -3.39. The first-order valence-electron chi connectivity index (χ1n) is 9.11. The summed E-state index contributed by atoms with van der Waals surface area (Å²) in [4.78, 5) is 12.4. The lowest BCUT2D eigenvalue weighted by atomic mass is 10.2. The summed E-state index contributed by atoms with van der Waals surface area (Å²) in [5.74, 6) is 0.721. The van der Waals surface area contributed by atoms with Crippen molar-refractivity contribution < 1.29 is 18.3 Å². The third kappa shape index (κ3) is 4.96. The van der Waals surface area contributed by atoms with Gasteiger partial charge in [0.25, 0.3) is 5.91 Å². The molecule has 4 rings (SSSR count). The molecule has 152 valence electrons. The highest BCUT2D eigenvalue weighted by Gasteiger charge is 2.13. The number of carbonyl (C=O) groups is 1. The zero-order valence-electron chi connectivity index (χ0n) is 15.7. The number of aromatic nitrogens is 2. The van der Waals surface area contributed by atoms with Gasteiger partial charge >= 0.3 is 0 Å². The Balaban J connectivity index is 1.34. The molecule has 0 aliphatic heterocycles. The van der Waals surface area contributed by atoms with Crippen LogP contribution >= 0.6 is 15.9 Å². The topological polar surface area (TPSA) is 69.3 Å². The Morgan fingerprint density at radius 3 is 2.73 bits per heavy atom. The second-order valence-corrected chi connectivity index (χ2v) is 7.35. The first-order chi connectivity index (χ1) is 14.6. The van der Waals surface area contributed by atoms with E-state index in [0.29, 0.717) is 23.7 Å². The van der Waals surface area contributed by atoms with Gasteiger partial charge in [-0.25, -0.2) is 4.39 Å². The van der Waals surface area contributed by atoms with Crippen LogP contribution in [0.1, 0.15) is 21.9 Å². The molecule has 0 fully saturated rings. The molecular weight excluding hydrogens is 453 g/mol. The van der Waals surface area contributed by atoms with E-state index in [0.717, 1.165) is 10.0 Å². The van der Waals surface area contributed by atoms with Gasteiger partial charge in [0.15, 0.2) is 5.76 Å². The minimum Gasteiger partial charge on any atom is -0.484 e. The zero-order chi connectivity index (χ0) is 20.9. The molecule has 0 aliphatic rings. The lowest BCUT2D eigenvalue weighted by Gasteiger charge is -2.05. The maximum absolute atomic E-state index is 13.0. The number of nitrogens with one attached hydrogen (secondary N) is 1. The van der Waals surface area contributed by atoms with Gasteiger partial charge in [-0.05, 0) is 57.9 Å². The highest BCUT2D eigenvalue weighted by Crippen LogP contribution is 2.25. The van der Waals surface area contributed by atoms with Crippen molar-refractivity contribution in [3.63, 3.8) is 0 Å². The van der Waals surface area contributed by atoms with Crippen molar-refractivity contribution in [2.75, 3.05) is 5.32 Å². The van der Waals surface area contributed by atoms with Crippen LogP contribution in [0.4, 0.5) is 10.1 Å². The summed E-state index contributed by atoms with van der Waals surface area (Å²) >= 11 is 3.42. The molecule has 8 heteroatoms. The minimum absolute atomic E-state index is 0.173. The predicted octanol–water partition coefficient (Wildman–Crippen LogP) is 5.26. The van der Waals surface area contributed by atoms with Gasteiger partial charge in [-0.1, -0.05) is 24.3 Å². The summed E-state index contributed by atoms with van der Waals surface area (Å²) < 4.78 is 26.8. The van der Waals surface area contributed by atoms with Gasteiger partial charge in [-0.2, -0.15) is 5.10 Å². The van der Waals surface area contributed by atoms with E-state index in [1.165, 1.54) is 12.1 Å². The molecule has 4 aromatic rings. The van der Waals surface area contributed by atoms with Crippen LogP contribution in [0.15, 0.2) is 81.9 Å². The number of benzene rings is 2. The summed E-state index contributed by atoms with van der Waals surface area (Å²) in [6, 6.07) is 17.0. The molecule has 1 amide bonds. The predicted molar refractivity (Wildman–Crippen MR) is 113 cm³/mol. The summed E-state index contributed by atoms with van der Waals surface area (Å²) in [6.07, 6.45) is 3.24. The number of hydrogen-bond acceptors (Lipinski definition) is 4. The van der Waals surface area contributed by atoms with E-state index >= 15 is 0 Å². The number of ether oxygens (including phenoxy) is 1. The van der Waals surface area contributed by atoms with Crippen LogP contribution in [-0.4, -0.2) is 15.7 Å². The molecule has 0 atom stereocenters. The molecule has 30 heavy (non-hydrogen) atoms. The van der Waals surface area contributed by atoms with Gasteiger partial charge in [0.1, 0.15) is 23.9 Å². The third-order valence-corrected chi connectivity index (χ3v) is 4.90. The van der Waals surface area contributed by atoms with Crippen LogP contribution in [-0.2, 0) is 13.2 Å². The van der Waals surface area contributed by atoms with Crippen LogP contribution in [0.5, 0.6) is 5.75 Å². The number of amides is 1. The highest BCUT2D eigenvalue weighted by atomic mass is 79.9. The van der Waals surface area contributed by atoms with E-state index in [1.807, 2.05) is 24.3 Å². The van der Waals surface area contributed by atoms with E-state index in [-0.39, 0.29) is 24.1 Å². The van der Waals surface area contributed by atoms with Gasteiger partial charge in [0, 0.05) is 6.20 Å². The first-order valence-corrected chi connectivity index (χ1v) is 9.90. The molecule has 6 nitrogen and oxygen atoms in total. The van der Waals surface area contributed by atoms with Gasteiger partial charge in [0.05, 0.1) is 22.9 Å². The van der Waals surface area contributed by atoms with E-state index < -0.39 is 0 Å². The van der Waals surface area contributed by atoms with Gasteiger partial charge in [0.2, 0.25) is 0 Å². The molecule has 0 saturated heterocycles. The Morgan fingerprint density at radius 2 is 1.93 bits per heavy atom. The monoisotopic (exact) mass is 469 g/mol. The normalized spacial score (nSPS) is 10.7. The fourth-order valence-corrected chi connectivity index (χ4v) is 3.17. The van der Waals surface area contributed by atoms with E-state index in [4.69, 9.17) is 9.15 Å². The molecule has 0 aliphatic carbocycles. The fraction of sp³-hybridized carbons (Fsp3) is 0.0909. The molecule has 0 spiro atoms. The van der Waals surface area contributed by atoms with Crippen molar-refractivity contribution in [3.8, 4) is 5.75 Å². The number of halogens is 2. The number of anilines is 1. The Bertz CT molecular complexity index is 1150. The second kappa shape index (κ2) is 8.96. The molecule has 0 unspecified atom stereocenters. The third-order valence-electron chi connectivity index (χ3n) is 4.24. The average Bonchev–Trinajstić information content (AvgIpc) is 3.39. The van der Waals surface area contributed by atoms with Crippen molar-refractivity contribution in [3.05, 3.63) is 100 Å². The van der Waals surface area contributed by atoms with Crippen molar-refractivity contribution in [2.24, 2.45) is 0 Å². The average molecular weight is 470 g/mol. The second-order valence-electron chi connectivity index (χ2n) is 6.49. The summed E-state index contributed by atoms with van der Waals surface area (Å²) in [7, 11) is 0. The summed E-state index contributed by atoms with van der Waals surface area (Å²) in [6.45, 7) is 0.666. The lowest BCUT2D eigenvalue weighted by Crippen LogP contribution is -2.10. The number of para-hydroxylation sites is 1. The van der Waals surface area contributed by atoms with Gasteiger partial charge < -0.3 is 14.5 Å². The highest BCUT2D eigenvalue weighted by molar-refractivity contribution is 9.10. The van der Waals surface area contributed by atoms with Gasteiger partial charge in [-0.3, -0.25) is 9.48 Å². The van der Waals surface area contributed by atoms with Crippen molar-refractivity contribution in [1.82, 2.24) is 9.78 Å². The van der Waals surface area contributed by atoms with E-state index in [1.54, 1.807) is 41.3 Å². The molecule has 0 saturated carbocycles. The smallest absolute Gasteiger partial charge is 0.291 e. The summed E-state index contributed by atoms with van der Waals surface area (Å²) in [5, 5.41) is 6.96. The Labute approximate surface area is 180 Å². The van der Waals surface area contributed by atoms with Crippen LogP contribution < -0.4 is 10.1 Å². The molecule has 2 aromatic heterocycles. The molecular formula is C22H17BrFN3O3. The van der Waals surface area contributed by atoms with Crippen molar-refractivity contribution in [1.29, 1.82) is 0 Å². The first kappa shape index (κ1) is 19.9. The Morgan fingerprint density at radius 1 is 1.13 bits per heavy atom. The number of nitrogens with zero attached hydrogens (tertiary/aromatic N) is 2. The minimum atomic E-state index is -0.386. The number of rotatable bonds is 7. The maximum atomic E-state index is 13.0. The van der Waals surface area contributed by atoms with Crippen LogP contribution in [0.25, 0.3) is 0 Å². The molecule has 0 bridgehead atoms. The maximum Gasteiger partial charge on any atom is 0.291 e. The number of furan rings is 1. The quantitative estimate of drug-likeness (QED) is 0.400. The number of hydrogen-bond donors (Lipinski definition) is 1. The van der Waals surface area contributed by atoms with Crippen molar-refractivity contribution >= 4 is 27.5 Å². The molecule has 1 N–H and O–H groups in total. The molecule has 2 heterocycles. The van der Waals surface area contributed by atoms with Crippen molar-refractivity contribution in [2.45, 2.75) is 13.2 Å². The molecule has 2 aromatic carbocycles. The molecule has 0 radical (unpaired) electrons. The van der Waals surface area contributed by atoms with E-state index in [2.05, 4.69) is 26.3 Å². The van der Waals surface area contributed by atoms with Crippen LogP contribution in [0.2, 0.25) is 0 Å². The number of carbonyl (C=O) groups excluding carboxylic acids is 1. The summed E-state index contributed by atoms with van der Waals surface area (Å²) in [5.41, 5.74) is 1.43. The Kier molecular flexibility index (Phi) is 5.94. The van der Waals surface area contributed by atoms with Crippen LogP contribution in [0.3, 0.4) is 0 Å². The van der Waals surface area contributed by atoms with Crippen LogP contribution in [0, 0.1) is 5.82 Å². The van der Waals surface area contributed by atoms with Gasteiger partial charge in [-0.15, -0.1) is 0 Å². The van der Waals surface area contributed by atoms with E-state index in [9.17, 15) is 9.18 Å². The fourth-order valence-electron chi connectivity index (χ4n) is 2.77. The zero-order valence-corrected chi connectivity index (χ0v) is 17.3.